The van der Waals surface area contributed by atoms with Crippen LogP contribution in [0.1, 0.15) is 16.8 Å². The Balaban J connectivity index is 1.88. The highest BCUT2D eigenvalue weighted by Gasteiger charge is 2.32. The molecule has 0 atom stereocenters. The van der Waals surface area contributed by atoms with Crippen molar-refractivity contribution >= 4 is 17.2 Å². The van der Waals surface area contributed by atoms with Crippen LogP contribution in [0.2, 0.25) is 5.28 Å². The highest BCUT2D eigenvalue weighted by Crippen LogP contribution is 2.39. The van der Waals surface area contributed by atoms with E-state index in [9.17, 15) is 13.2 Å². The Hall–Kier alpha value is -3.20. The highest BCUT2D eigenvalue weighted by atomic mass is 35.5. The number of benzene rings is 1. The fraction of sp³-hybridized carbons (Fsp3) is 0.158. The Morgan fingerprint density at radius 2 is 1.83 bits per heavy atom. The van der Waals surface area contributed by atoms with Crippen molar-refractivity contribution in [3.63, 3.8) is 0 Å². The van der Waals surface area contributed by atoms with E-state index in [-0.39, 0.29) is 16.9 Å². The summed E-state index contributed by atoms with van der Waals surface area (Å²) in [6.45, 7) is 3.47. The SMILES string of the molecule is Cc1cc2nnc(Cl)n2nc1Oc1cc(C(F)(F)F)ccc1-c1cccnc1C. The highest BCUT2D eigenvalue weighted by molar-refractivity contribution is 6.28. The maximum atomic E-state index is 13.3. The van der Waals surface area contributed by atoms with Crippen LogP contribution in [-0.2, 0) is 6.18 Å². The van der Waals surface area contributed by atoms with E-state index in [2.05, 4.69) is 20.3 Å². The van der Waals surface area contributed by atoms with Gasteiger partial charge in [0.25, 0.3) is 0 Å². The van der Waals surface area contributed by atoms with Crippen LogP contribution in [0.4, 0.5) is 13.2 Å². The largest absolute Gasteiger partial charge is 0.437 e. The van der Waals surface area contributed by atoms with E-state index in [4.69, 9.17) is 16.3 Å². The van der Waals surface area contributed by atoms with Gasteiger partial charge in [0.2, 0.25) is 11.2 Å². The van der Waals surface area contributed by atoms with E-state index in [1.807, 2.05) is 0 Å². The molecule has 0 fully saturated rings. The molecular formula is C19H13ClF3N5O. The molecule has 0 aliphatic heterocycles. The number of aromatic nitrogens is 5. The summed E-state index contributed by atoms with van der Waals surface area (Å²) in [7, 11) is 0. The number of hydrogen-bond donors (Lipinski definition) is 0. The fourth-order valence-corrected chi connectivity index (χ4v) is 3.02. The van der Waals surface area contributed by atoms with Gasteiger partial charge in [-0.1, -0.05) is 6.07 Å². The lowest BCUT2D eigenvalue weighted by atomic mass is 10.0. The molecule has 29 heavy (non-hydrogen) atoms. The summed E-state index contributed by atoms with van der Waals surface area (Å²) < 4.78 is 47.0. The molecule has 0 saturated heterocycles. The van der Waals surface area contributed by atoms with E-state index in [1.54, 1.807) is 38.2 Å². The molecule has 0 spiro atoms. The summed E-state index contributed by atoms with van der Waals surface area (Å²) in [5, 5.41) is 11.8. The third-order valence-electron chi connectivity index (χ3n) is 4.31. The number of halogens is 4. The number of aryl methyl sites for hydroxylation is 2. The molecule has 4 rings (SSSR count). The minimum absolute atomic E-state index is 0.00456. The smallest absolute Gasteiger partial charge is 0.416 e. The first-order chi connectivity index (χ1) is 13.7. The van der Waals surface area contributed by atoms with Gasteiger partial charge in [-0.3, -0.25) is 4.98 Å². The molecule has 148 valence electrons. The Morgan fingerprint density at radius 3 is 2.55 bits per heavy atom. The summed E-state index contributed by atoms with van der Waals surface area (Å²) in [6.07, 6.45) is -2.91. The molecular weight excluding hydrogens is 407 g/mol. The molecule has 1 aromatic carbocycles. The monoisotopic (exact) mass is 419 g/mol. The second-order valence-corrected chi connectivity index (χ2v) is 6.66. The Labute approximate surface area is 167 Å². The molecule has 6 nitrogen and oxygen atoms in total. The Bertz CT molecular complexity index is 1220. The van der Waals surface area contributed by atoms with E-state index in [0.717, 1.165) is 12.1 Å². The molecule has 3 heterocycles. The molecule has 10 heteroatoms. The van der Waals surface area contributed by atoms with Crippen molar-refractivity contribution in [2.75, 3.05) is 0 Å². The molecule has 3 aromatic heterocycles. The third-order valence-corrected chi connectivity index (χ3v) is 4.55. The van der Waals surface area contributed by atoms with Crippen molar-refractivity contribution in [1.29, 1.82) is 0 Å². The molecule has 0 unspecified atom stereocenters. The van der Waals surface area contributed by atoms with Gasteiger partial charge in [-0.2, -0.15) is 17.7 Å². The lowest BCUT2D eigenvalue weighted by molar-refractivity contribution is -0.137. The number of ether oxygens (including phenoxy) is 1. The van der Waals surface area contributed by atoms with Gasteiger partial charge in [0.05, 0.1) is 5.56 Å². The summed E-state index contributed by atoms with van der Waals surface area (Å²) in [5.74, 6) is 0.0800. The van der Waals surface area contributed by atoms with Crippen molar-refractivity contribution in [2.24, 2.45) is 0 Å². The second-order valence-electron chi connectivity index (χ2n) is 6.32. The quantitative estimate of drug-likeness (QED) is 0.452. The standard InChI is InChI=1S/C19H13ClF3N5O/c1-10-8-16-25-26-18(20)28(16)27-17(10)29-15-9-12(19(21,22)23)5-6-14(15)13-4-3-7-24-11(13)2/h3-9H,1-2H3. The predicted octanol–water partition coefficient (Wildman–Crippen LogP) is 5.27. The number of fused-ring (bicyclic) bond motifs is 1. The predicted molar refractivity (Wildman–Crippen MR) is 100 cm³/mol. The van der Waals surface area contributed by atoms with Crippen molar-refractivity contribution in [3.05, 3.63) is 64.7 Å². The maximum absolute atomic E-state index is 13.3. The van der Waals surface area contributed by atoms with Crippen molar-refractivity contribution in [1.82, 2.24) is 24.8 Å². The van der Waals surface area contributed by atoms with Crippen molar-refractivity contribution in [2.45, 2.75) is 20.0 Å². The fourth-order valence-electron chi connectivity index (χ4n) is 2.86. The molecule has 0 aliphatic carbocycles. The molecule has 0 radical (unpaired) electrons. The van der Waals surface area contributed by atoms with Gasteiger partial charge in [0.15, 0.2) is 5.65 Å². The first kappa shape index (κ1) is 19.1. The Kier molecular flexibility index (Phi) is 4.62. The van der Waals surface area contributed by atoms with E-state index in [0.29, 0.717) is 28.0 Å². The number of hydrogen-bond acceptors (Lipinski definition) is 5. The van der Waals surface area contributed by atoms with Gasteiger partial charge in [0.1, 0.15) is 5.75 Å². The molecule has 0 saturated carbocycles. The van der Waals surface area contributed by atoms with Gasteiger partial charge in [-0.15, -0.1) is 15.3 Å². The number of alkyl halides is 3. The minimum atomic E-state index is -4.52. The van der Waals surface area contributed by atoms with Gasteiger partial charge in [0, 0.05) is 28.6 Å². The summed E-state index contributed by atoms with van der Waals surface area (Å²) in [6, 6.07) is 8.41. The zero-order valence-corrected chi connectivity index (χ0v) is 16.0. The van der Waals surface area contributed by atoms with Gasteiger partial charge < -0.3 is 4.74 Å². The minimum Gasteiger partial charge on any atom is -0.437 e. The molecule has 0 aliphatic rings. The van der Waals surface area contributed by atoms with Crippen LogP contribution < -0.4 is 4.74 Å². The Morgan fingerprint density at radius 1 is 1.03 bits per heavy atom. The number of rotatable bonds is 3. The maximum Gasteiger partial charge on any atom is 0.416 e. The zero-order valence-electron chi connectivity index (χ0n) is 15.2. The lowest BCUT2D eigenvalue weighted by Gasteiger charge is -2.16. The molecule has 0 bridgehead atoms. The van der Waals surface area contributed by atoms with Crippen molar-refractivity contribution < 1.29 is 17.9 Å². The van der Waals surface area contributed by atoms with Crippen LogP contribution in [0, 0.1) is 13.8 Å². The summed E-state index contributed by atoms with van der Waals surface area (Å²) >= 11 is 5.95. The van der Waals surface area contributed by atoms with E-state index < -0.39 is 11.7 Å². The van der Waals surface area contributed by atoms with Gasteiger partial charge >= 0.3 is 6.18 Å². The number of pyridine rings is 1. The van der Waals surface area contributed by atoms with E-state index >= 15 is 0 Å². The normalized spacial score (nSPS) is 11.8. The van der Waals surface area contributed by atoms with Crippen LogP contribution in [0.3, 0.4) is 0 Å². The van der Waals surface area contributed by atoms with Gasteiger partial charge in [-0.25, -0.2) is 0 Å². The molecule has 0 N–H and O–H groups in total. The molecule has 0 amide bonds. The van der Waals surface area contributed by atoms with Crippen LogP contribution in [0.15, 0.2) is 42.6 Å². The topological polar surface area (TPSA) is 65.2 Å². The second kappa shape index (κ2) is 7.00. The average molecular weight is 420 g/mol. The summed E-state index contributed by atoms with van der Waals surface area (Å²) in [4.78, 5) is 4.21. The van der Waals surface area contributed by atoms with E-state index in [1.165, 1.54) is 10.6 Å². The third kappa shape index (κ3) is 3.61. The molecule has 4 aromatic rings. The first-order valence-electron chi connectivity index (χ1n) is 8.43. The van der Waals surface area contributed by atoms with Gasteiger partial charge in [-0.05, 0) is 55.8 Å². The lowest BCUT2D eigenvalue weighted by Crippen LogP contribution is -2.06. The van der Waals surface area contributed by atoms with Crippen LogP contribution in [-0.4, -0.2) is 24.8 Å². The first-order valence-corrected chi connectivity index (χ1v) is 8.81. The van der Waals surface area contributed by atoms with Crippen molar-refractivity contribution in [3.8, 4) is 22.8 Å². The van der Waals surface area contributed by atoms with Crippen LogP contribution in [0.5, 0.6) is 11.6 Å². The zero-order chi connectivity index (χ0) is 20.8. The van der Waals surface area contributed by atoms with Crippen LogP contribution in [0.25, 0.3) is 16.8 Å². The summed E-state index contributed by atoms with van der Waals surface area (Å²) in [5.41, 5.74) is 1.88. The number of nitrogens with zero attached hydrogens (tertiary/aromatic N) is 5. The average Bonchev–Trinajstić information content (AvgIpc) is 3.02. The van der Waals surface area contributed by atoms with Crippen LogP contribution >= 0.6 is 11.6 Å².